The second-order valence-corrected chi connectivity index (χ2v) is 10.1. The van der Waals surface area contributed by atoms with Gasteiger partial charge in [-0.25, -0.2) is 0 Å². The molecular weight excluding hydrogens is 580 g/mol. The molecule has 0 saturated carbocycles. The third-order valence-corrected chi connectivity index (χ3v) is 7.24. The summed E-state index contributed by atoms with van der Waals surface area (Å²) in [6.45, 7) is -1.44. The van der Waals surface area contributed by atoms with Crippen LogP contribution in [0.25, 0.3) is 22.3 Å². The maximum atomic E-state index is 13.7. The summed E-state index contributed by atoms with van der Waals surface area (Å²) in [6, 6.07) is 7.18. The first-order valence-electron chi connectivity index (χ1n) is 13.0. The van der Waals surface area contributed by atoms with Crippen molar-refractivity contribution in [3.8, 4) is 34.3 Å². The third kappa shape index (κ3) is 5.73. The quantitative estimate of drug-likeness (QED) is 0.121. The molecule has 2 aliphatic heterocycles. The summed E-state index contributed by atoms with van der Waals surface area (Å²) in [5.41, 5.74) is -0.954. The molecule has 0 radical (unpaired) electrons. The fourth-order valence-corrected chi connectivity index (χ4v) is 4.77. The summed E-state index contributed by atoms with van der Waals surface area (Å²) in [4.78, 5) is 13.7. The van der Waals surface area contributed by atoms with Gasteiger partial charge in [-0.3, -0.25) is 4.79 Å². The van der Waals surface area contributed by atoms with Crippen molar-refractivity contribution in [1.29, 1.82) is 0 Å². The first-order valence-corrected chi connectivity index (χ1v) is 13.0. The highest BCUT2D eigenvalue weighted by Crippen LogP contribution is 2.38. The molecule has 10 atom stereocenters. The van der Waals surface area contributed by atoms with E-state index in [1.807, 2.05) is 0 Å². The fraction of sp³-hybridized carbons (Fsp3) is 0.444. The molecule has 5 unspecified atom stereocenters. The zero-order chi connectivity index (χ0) is 31.2. The molecule has 16 heteroatoms. The molecule has 0 spiro atoms. The fourth-order valence-electron chi connectivity index (χ4n) is 4.77. The van der Waals surface area contributed by atoms with Crippen molar-refractivity contribution in [3.63, 3.8) is 0 Å². The number of ether oxygens (including phenoxy) is 4. The second-order valence-electron chi connectivity index (χ2n) is 10.1. The summed E-state index contributed by atoms with van der Waals surface area (Å²) in [6.07, 6.45) is -16.3. The molecule has 234 valence electrons. The minimum atomic E-state index is -1.87. The van der Waals surface area contributed by atoms with Crippen molar-refractivity contribution in [2.75, 3.05) is 13.2 Å². The van der Waals surface area contributed by atoms with E-state index in [9.17, 15) is 55.9 Å². The van der Waals surface area contributed by atoms with E-state index in [4.69, 9.17) is 23.4 Å². The van der Waals surface area contributed by atoms with Crippen LogP contribution in [0.15, 0.2) is 45.6 Å². The van der Waals surface area contributed by atoms with E-state index in [0.29, 0.717) is 0 Å². The van der Waals surface area contributed by atoms with Gasteiger partial charge in [0.15, 0.2) is 17.3 Å². The zero-order valence-electron chi connectivity index (χ0n) is 22.1. The summed E-state index contributed by atoms with van der Waals surface area (Å²) >= 11 is 0. The molecule has 3 heterocycles. The first-order chi connectivity index (χ1) is 20.4. The summed E-state index contributed by atoms with van der Waals surface area (Å²) in [5, 5.41) is 99.8. The molecule has 3 aromatic rings. The van der Waals surface area contributed by atoms with E-state index in [0.717, 1.165) is 12.1 Å². The normalized spacial score (nSPS) is 32.9. The lowest BCUT2D eigenvalue weighted by atomic mass is 9.99. The Kier molecular flexibility index (Phi) is 8.77. The predicted molar refractivity (Wildman–Crippen MR) is 140 cm³/mol. The average molecular weight is 611 g/mol. The van der Waals surface area contributed by atoms with E-state index in [2.05, 4.69) is 0 Å². The van der Waals surface area contributed by atoms with Gasteiger partial charge in [0.25, 0.3) is 0 Å². The largest absolute Gasteiger partial charge is 0.504 e. The van der Waals surface area contributed by atoms with Crippen LogP contribution in [-0.4, -0.2) is 126 Å². The number of hydrogen-bond donors (Lipinski definition) is 10. The lowest BCUT2D eigenvalue weighted by Gasteiger charge is -2.39. The standard InChI is InChI=1S/C27H30O16/c28-7-15-18(33)20(35)22(37)26(41-15)39-10-2-3-11-14(6-10)40-24(9-1-4-12(30)13(31)5-9)25(17(11)32)43-27-23(38)21(36)19(34)16(8-29)42-27/h1-6,15-16,18-23,26-31,33-38H,7-8H2/t15?,16?,18-,19-,20+,21?,22?,23?,26-,27+/m1/s1. The van der Waals surface area contributed by atoms with Crippen LogP contribution in [0.2, 0.25) is 0 Å². The third-order valence-electron chi connectivity index (χ3n) is 7.24. The SMILES string of the molecule is O=c1c(O[C@@H]2OC(CO)[C@@H](O)C(O)C2O)c(-c2ccc(O)c(O)c2)oc2cc(O[C@@H]3OC(CO)[C@@H](O)[C@H](O)C3O)ccc12. The van der Waals surface area contributed by atoms with Crippen molar-refractivity contribution < 1.29 is 74.4 Å². The van der Waals surface area contributed by atoms with Gasteiger partial charge in [-0.15, -0.1) is 0 Å². The number of phenols is 2. The molecule has 2 aromatic carbocycles. The van der Waals surface area contributed by atoms with Gasteiger partial charge in [0, 0.05) is 11.6 Å². The van der Waals surface area contributed by atoms with Gasteiger partial charge in [0.05, 0.1) is 18.6 Å². The van der Waals surface area contributed by atoms with Crippen LogP contribution in [0.4, 0.5) is 0 Å². The number of benzene rings is 2. The van der Waals surface area contributed by atoms with Gasteiger partial charge in [-0.1, -0.05) is 0 Å². The maximum absolute atomic E-state index is 13.7. The van der Waals surface area contributed by atoms with Crippen molar-refractivity contribution in [1.82, 2.24) is 0 Å². The van der Waals surface area contributed by atoms with Crippen LogP contribution in [0.5, 0.6) is 23.0 Å². The van der Waals surface area contributed by atoms with E-state index in [-0.39, 0.29) is 28.0 Å². The number of rotatable bonds is 7. The summed E-state index contributed by atoms with van der Waals surface area (Å²) < 4.78 is 27.9. The number of aromatic hydroxyl groups is 2. The lowest BCUT2D eigenvalue weighted by molar-refractivity contribution is -0.277. The van der Waals surface area contributed by atoms with E-state index < -0.39 is 97.3 Å². The highest BCUT2D eigenvalue weighted by Gasteiger charge is 2.46. The van der Waals surface area contributed by atoms with E-state index in [1.165, 1.54) is 24.3 Å². The first kappa shape index (κ1) is 30.9. The van der Waals surface area contributed by atoms with Crippen LogP contribution in [0.3, 0.4) is 0 Å². The molecule has 10 N–H and O–H groups in total. The topological polar surface area (TPSA) is 269 Å². The minimum absolute atomic E-state index is 0.00847. The molecule has 0 amide bonds. The number of phenolic OH excluding ortho intramolecular Hbond substituents is 2. The second kappa shape index (κ2) is 12.2. The van der Waals surface area contributed by atoms with Gasteiger partial charge in [0.2, 0.25) is 23.8 Å². The molecule has 0 bridgehead atoms. The van der Waals surface area contributed by atoms with E-state index >= 15 is 0 Å². The van der Waals surface area contributed by atoms with Crippen LogP contribution >= 0.6 is 0 Å². The number of hydrogen-bond acceptors (Lipinski definition) is 16. The van der Waals surface area contributed by atoms with E-state index in [1.54, 1.807) is 0 Å². The van der Waals surface area contributed by atoms with Crippen molar-refractivity contribution in [2.24, 2.45) is 0 Å². The molecule has 2 aliphatic rings. The zero-order valence-corrected chi connectivity index (χ0v) is 22.1. The van der Waals surface area contributed by atoms with Gasteiger partial charge in [0.1, 0.15) is 60.2 Å². The molecule has 0 aliphatic carbocycles. The van der Waals surface area contributed by atoms with Gasteiger partial charge < -0.3 is 74.4 Å². The van der Waals surface area contributed by atoms with Crippen molar-refractivity contribution in [3.05, 3.63) is 46.6 Å². The number of aliphatic hydroxyl groups excluding tert-OH is 8. The Balaban J connectivity index is 1.56. The molecular formula is C27H30O16. The van der Waals surface area contributed by atoms with Crippen LogP contribution in [0.1, 0.15) is 0 Å². The van der Waals surface area contributed by atoms with Gasteiger partial charge in [-0.05, 0) is 30.3 Å². The van der Waals surface area contributed by atoms with Gasteiger partial charge >= 0.3 is 0 Å². The van der Waals surface area contributed by atoms with Crippen molar-refractivity contribution >= 4 is 11.0 Å². The molecule has 16 nitrogen and oxygen atoms in total. The monoisotopic (exact) mass is 610 g/mol. The Morgan fingerprint density at radius 1 is 0.674 bits per heavy atom. The smallest absolute Gasteiger partial charge is 0.235 e. The Hall–Kier alpha value is -3.55. The highest BCUT2D eigenvalue weighted by molar-refractivity contribution is 5.83. The Morgan fingerprint density at radius 2 is 1.26 bits per heavy atom. The Morgan fingerprint density at radius 3 is 1.81 bits per heavy atom. The molecule has 5 rings (SSSR count). The van der Waals surface area contributed by atoms with Crippen LogP contribution in [0, 0.1) is 0 Å². The Bertz CT molecular complexity index is 1500. The van der Waals surface area contributed by atoms with Crippen LogP contribution < -0.4 is 14.9 Å². The molecule has 1 aromatic heterocycles. The lowest BCUT2D eigenvalue weighted by Crippen LogP contribution is -2.60. The van der Waals surface area contributed by atoms with Crippen molar-refractivity contribution in [2.45, 2.75) is 61.4 Å². The molecule has 2 saturated heterocycles. The highest BCUT2D eigenvalue weighted by atomic mass is 16.7. The van der Waals surface area contributed by atoms with Gasteiger partial charge in [-0.2, -0.15) is 0 Å². The minimum Gasteiger partial charge on any atom is -0.504 e. The Labute approximate surface area is 241 Å². The maximum Gasteiger partial charge on any atom is 0.235 e. The average Bonchev–Trinajstić information content (AvgIpc) is 3.00. The number of fused-ring (bicyclic) bond motifs is 1. The predicted octanol–water partition coefficient (Wildman–Crippen LogP) is -2.77. The molecule has 2 fully saturated rings. The summed E-state index contributed by atoms with van der Waals surface area (Å²) in [7, 11) is 0. The summed E-state index contributed by atoms with van der Waals surface area (Å²) in [5.74, 6) is -2.02. The number of aliphatic hydroxyl groups is 8. The molecule has 43 heavy (non-hydrogen) atoms. The van der Waals surface area contributed by atoms with Crippen LogP contribution in [-0.2, 0) is 9.47 Å².